The van der Waals surface area contributed by atoms with Crippen LogP contribution >= 0.6 is 0 Å². The van der Waals surface area contributed by atoms with Gasteiger partial charge in [0, 0.05) is 18.3 Å². The Morgan fingerprint density at radius 1 is 1.17 bits per heavy atom. The molecular weight excluding hydrogens is 308 g/mol. The summed E-state index contributed by atoms with van der Waals surface area (Å²) in [7, 11) is 0. The number of hydrogen-bond donors (Lipinski definition) is 3. The predicted octanol–water partition coefficient (Wildman–Crippen LogP) is 0.878. The average Bonchev–Trinajstić information content (AvgIpc) is 2.83. The van der Waals surface area contributed by atoms with Crippen molar-refractivity contribution in [2.75, 3.05) is 0 Å². The van der Waals surface area contributed by atoms with Crippen molar-refractivity contribution in [3.8, 4) is 24.0 Å². The van der Waals surface area contributed by atoms with Gasteiger partial charge < -0.3 is 15.5 Å². The second-order valence-electron chi connectivity index (χ2n) is 6.46. The van der Waals surface area contributed by atoms with Gasteiger partial charge in [-0.3, -0.25) is 4.79 Å². The van der Waals surface area contributed by atoms with Crippen molar-refractivity contribution >= 4 is 5.91 Å². The summed E-state index contributed by atoms with van der Waals surface area (Å²) in [6.45, 7) is 1.63. The van der Waals surface area contributed by atoms with Gasteiger partial charge in [0.25, 0.3) is 0 Å². The van der Waals surface area contributed by atoms with Gasteiger partial charge >= 0.3 is 0 Å². The minimum absolute atomic E-state index is 0.00705. The Labute approximate surface area is 138 Å². The molecule has 1 aromatic carbocycles. The Bertz CT molecular complexity index is 831. The zero-order valence-electron chi connectivity index (χ0n) is 12.8. The first-order valence-electron chi connectivity index (χ1n) is 7.38. The smallest absolute Gasteiger partial charge is 0.245 e. The van der Waals surface area contributed by atoms with E-state index in [0.717, 1.165) is 0 Å². The number of phenols is 1. The van der Waals surface area contributed by atoms with Crippen molar-refractivity contribution in [2.45, 2.75) is 25.0 Å². The quantitative estimate of drug-likeness (QED) is 0.700. The van der Waals surface area contributed by atoms with Crippen molar-refractivity contribution in [3.63, 3.8) is 0 Å². The largest absolute Gasteiger partial charge is 0.508 e. The molecule has 0 radical (unpaired) electrons. The summed E-state index contributed by atoms with van der Waals surface area (Å²) in [5, 5.41) is 52.0. The molecule has 1 saturated heterocycles. The number of benzene rings is 1. The van der Waals surface area contributed by atoms with Crippen LogP contribution in [0.5, 0.6) is 5.75 Å². The first-order chi connectivity index (χ1) is 11.3. The molecule has 1 aromatic rings. The number of nitriles is 3. The van der Waals surface area contributed by atoms with Crippen LogP contribution in [0, 0.1) is 50.7 Å². The van der Waals surface area contributed by atoms with E-state index >= 15 is 0 Å². The summed E-state index contributed by atoms with van der Waals surface area (Å²) in [6, 6.07) is 11.5. The minimum atomic E-state index is -1.96. The molecular formula is C17H14N4O3. The van der Waals surface area contributed by atoms with E-state index in [2.05, 4.69) is 5.32 Å². The predicted molar refractivity (Wildman–Crippen MR) is 79.4 cm³/mol. The number of phenolic OH excluding ortho intramolecular Hbond substituents is 1. The molecule has 120 valence electrons. The van der Waals surface area contributed by atoms with Gasteiger partial charge in [-0.15, -0.1) is 0 Å². The lowest BCUT2D eigenvalue weighted by molar-refractivity contribution is -0.128. The fraction of sp³-hybridized carbons (Fsp3) is 0.412. The maximum atomic E-state index is 12.5. The highest BCUT2D eigenvalue weighted by molar-refractivity contribution is 5.92. The fourth-order valence-corrected chi connectivity index (χ4v) is 4.10. The molecule has 3 rings (SSSR count). The van der Waals surface area contributed by atoms with Gasteiger partial charge in [-0.25, -0.2) is 0 Å². The molecule has 4 unspecified atom stereocenters. The van der Waals surface area contributed by atoms with Gasteiger partial charge in [0.2, 0.25) is 5.91 Å². The minimum Gasteiger partial charge on any atom is -0.508 e. The van der Waals surface area contributed by atoms with Crippen LogP contribution in [0.2, 0.25) is 0 Å². The molecule has 4 atom stereocenters. The summed E-state index contributed by atoms with van der Waals surface area (Å²) >= 11 is 0. The third-order valence-electron chi connectivity index (χ3n) is 5.44. The highest BCUT2D eigenvalue weighted by Crippen LogP contribution is 2.64. The lowest BCUT2D eigenvalue weighted by atomic mass is 9.49. The number of aromatic hydroxyl groups is 1. The molecule has 2 aliphatic rings. The van der Waals surface area contributed by atoms with Crippen LogP contribution in [-0.4, -0.2) is 21.8 Å². The first kappa shape index (κ1) is 15.8. The Hall–Kier alpha value is -3.08. The molecule has 0 aromatic heterocycles. The van der Waals surface area contributed by atoms with Gasteiger partial charge in [-0.1, -0.05) is 19.1 Å². The Balaban J connectivity index is 2.33. The van der Waals surface area contributed by atoms with Gasteiger partial charge in [-0.05, 0) is 17.7 Å². The summed E-state index contributed by atoms with van der Waals surface area (Å²) in [5.74, 6) is -2.36. The second-order valence-corrected chi connectivity index (χ2v) is 6.46. The number of rotatable bonds is 1. The SMILES string of the molecule is CC1C(c2ccc(O)cc2)C(C#N)(C#N)C2(C#N)CC1(O)NC2=O. The molecule has 1 amide bonds. The normalized spacial score (nSPS) is 36.0. The number of carbonyl (C=O) groups excluding carboxylic acids is 1. The Morgan fingerprint density at radius 2 is 1.75 bits per heavy atom. The highest BCUT2D eigenvalue weighted by Gasteiger charge is 2.76. The van der Waals surface area contributed by atoms with Crippen LogP contribution in [0.4, 0.5) is 0 Å². The van der Waals surface area contributed by atoms with Gasteiger partial charge in [0.1, 0.15) is 11.5 Å². The van der Waals surface area contributed by atoms with Crippen LogP contribution in [0.1, 0.15) is 24.8 Å². The standard InChI is InChI=1S/C17H14N4O3/c1-10-13(11-2-4-12(22)5-3-11)16(8-19,9-20)15(7-18)6-17(10,24)21-14(15)23/h2-5,10,13,22,24H,6H2,1H3,(H,21,23). The van der Waals surface area contributed by atoms with E-state index in [4.69, 9.17) is 0 Å². The average molecular weight is 322 g/mol. The van der Waals surface area contributed by atoms with Crippen LogP contribution in [0.3, 0.4) is 0 Å². The van der Waals surface area contributed by atoms with Gasteiger partial charge in [-0.2, -0.15) is 15.8 Å². The highest BCUT2D eigenvalue weighted by atomic mass is 16.3. The van der Waals surface area contributed by atoms with E-state index in [9.17, 15) is 30.8 Å². The number of hydrogen-bond acceptors (Lipinski definition) is 6. The number of fused-ring (bicyclic) bond motifs is 2. The topological polar surface area (TPSA) is 141 Å². The van der Waals surface area contributed by atoms with E-state index in [1.807, 2.05) is 18.2 Å². The molecule has 0 spiro atoms. The summed E-state index contributed by atoms with van der Waals surface area (Å²) in [5.41, 5.74) is -5.09. The Kier molecular flexibility index (Phi) is 3.10. The van der Waals surface area contributed by atoms with E-state index < -0.39 is 34.3 Å². The van der Waals surface area contributed by atoms with Gasteiger partial charge in [0.05, 0.1) is 18.2 Å². The molecule has 7 heteroatoms. The molecule has 24 heavy (non-hydrogen) atoms. The summed E-state index contributed by atoms with van der Waals surface area (Å²) < 4.78 is 0. The lowest BCUT2D eigenvalue weighted by Crippen LogP contribution is -2.56. The first-order valence-corrected chi connectivity index (χ1v) is 7.38. The third kappa shape index (κ3) is 1.58. The van der Waals surface area contributed by atoms with Crippen LogP contribution in [0.15, 0.2) is 24.3 Å². The molecule has 1 heterocycles. The van der Waals surface area contributed by atoms with E-state index in [1.54, 1.807) is 6.92 Å². The van der Waals surface area contributed by atoms with Crippen molar-refractivity contribution in [1.29, 1.82) is 15.8 Å². The van der Waals surface area contributed by atoms with Crippen LogP contribution in [0.25, 0.3) is 0 Å². The van der Waals surface area contributed by atoms with Crippen molar-refractivity contribution in [1.82, 2.24) is 5.32 Å². The van der Waals surface area contributed by atoms with Crippen molar-refractivity contribution in [3.05, 3.63) is 29.8 Å². The summed E-state index contributed by atoms with van der Waals surface area (Å²) in [4.78, 5) is 12.5. The number of carbonyl (C=O) groups is 1. The molecule has 1 aliphatic heterocycles. The number of nitrogens with one attached hydrogen (secondary N) is 1. The second kappa shape index (κ2) is 4.71. The van der Waals surface area contributed by atoms with E-state index in [-0.39, 0.29) is 12.2 Å². The number of amides is 1. The molecule has 2 bridgehead atoms. The third-order valence-corrected chi connectivity index (χ3v) is 5.44. The maximum absolute atomic E-state index is 12.5. The molecule has 1 saturated carbocycles. The molecule has 2 fully saturated rings. The zero-order valence-corrected chi connectivity index (χ0v) is 12.8. The van der Waals surface area contributed by atoms with Crippen LogP contribution < -0.4 is 5.32 Å². The zero-order chi connectivity index (χ0) is 17.8. The summed E-state index contributed by atoms with van der Waals surface area (Å²) in [6.07, 6.45) is -0.313. The number of nitrogens with zero attached hydrogens (tertiary/aromatic N) is 3. The van der Waals surface area contributed by atoms with Crippen LogP contribution in [-0.2, 0) is 4.79 Å². The molecule has 3 N–H and O–H groups in total. The van der Waals surface area contributed by atoms with Crippen molar-refractivity contribution in [2.24, 2.45) is 16.7 Å². The maximum Gasteiger partial charge on any atom is 0.245 e. The lowest BCUT2D eigenvalue weighted by Gasteiger charge is -2.48. The van der Waals surface area contributed by atoms with E-state index in [0.29, 0.717) is 5.56 Å². The van der Waals surface area contributed by atoms with E-state index in [1.165, 1.54) is 24.3 Å². The van der Waals surface area contributed by atoms with Gasteiger partial charge in [0.15, 0.2) is 10.8 Å². The Morgan fingerprint density at radius 3 is 2.25 bits per heavy atom. The molecule has 1 aliphatic carbocycles. The fourth-order valence-electron chi connectivity index (χ4n) is 4.10. The van der Waals surface area contributed by atoms with Crippen molar-refractivity contribution < 1.29 is 15.0 Å². The number of aliphatic hydroxyl groups is 1. The monoisotopic (exact) mass is 322 g/mol. The molecule has 7 nitrogen and oxygen atoms in total.